The van der Waals surface area contributed by atoms with Gasteiger partial charge in [0, 0.05) is 30.7 Å². The monoisotopic (exact) mass is 957 g/mol. The Balaban J connectivity index is 0.00000241. The summed E-state index contributed by atoms with van der Waals surface area (Å²) in [6, 6.07) is 0. The lowest BCUT2D eigenvalue weighted by Gasteiger charge is -2.30. The van der Waals surface area contributed by atoms with Gasteiger partial charge in [-0.3, -0.25) is 42.1 Å². The summed E-state index contributed by atoms with van der Waals surface area (Å²) >= 11 is 0.607. The number of ether oxygens (including phenoxy) is 1. The summed E-state index contributed by atoms with van der Waals surface area (Å²) in [7, 11) is -16.5. The van der Waals surface area contributed by atoms with E-state index >= 15 is 0 Å². The highest BCUT2D eigenvalue weighted by molar-refractivity contribution is 8.13. The maximum absolute atomic E-state index is 12.6. The third-order valence-electron chi connectivity index (χ3n) is 7.49. The van der Waals surface area contributed by atoms with E-state index in [0.29, 0.717) is 11.8 Å². The standard InChI is InChI=1S/C25H40N7O20P3S.C2H2O3/c1-25(2,19(38)22(39)28-4-3-14(34)27-5-6-56-24(40)12(33)7-15(35)36)9-49-55(46,47)52-54(44,45)48-8-13-18(51-53(41,42)43)17(37)23(50-13)32-11-31-16-20(26)29-10-30-21(16)32;3-1-2(4)5/h10-13,17-19,23,33,37-38H,3-9H2,1-2H3,(H,27,34)(H,28,39)(H,35,36)(H,44,45)(H,46,47)(H2,26,29,30)(H2,41,42,43);1H,(H,4,5)/t12?,13-,17-,18-,19+,23-;/m1./s1. The first-order valence-electron chi connectivity index (χ1n) is 16.7. The maximum atomic E-state index is 12.6. The highest BCUT2D eigenvalue weighted by Gasteiger charge is 2.50. The zero-order chi connectivity index (χ0) is 46.5. The average Bonchev–Trinajstić information content (AvgIpc) is 3.71. The number of carboxylic acid groups (broad SMARTS) is 2. The first-order chi connectivity index (χ1) is 28.1. The topological polar surface area (TPSA) is 476 Å². The Hall–Kier alpha value is -3.87. The number of aliphatic carboxylic acids is 2. The second-order valence-corrected chi connectivity index (χ2v) is 18.1. The number of amides is 2. The summed E-state index contributed by atoms with van der Waals surface area (Å²) in [4.78, 5) is 115. The van der Waals surface area contributed by atoms with Crippen molar-refractivity contribution in [2.75, 3.05) is 37.8 Å². The van der Waals surface area contributed by atoms with Crippen LogP contribution in [0.2, 0.25) is 0 Å². The fourth-order valence-corrected chi connectivity index (χ4v) is 8.14. The van der Waals surface area contributed by atoms with Crippen LogP contribution >= 0.6 is 35.2 Å². The van der Waals surface area contributed by atoms with E-state index in [-0.39, 0.29) is 48.5 Å². The number of carboxylic acids is 2. The molecule has 1 saturated heterocycles. The zero-order valence-corrected chi connectivity index (χ0v) is 35.0. The van der Waals surface area contributed by atoms with Crippen LogP contribution in [0.15, 0.2) is 12.7 Å². The second-order valence-electron chi connectivity index (χ2n) is 12.8. The molecule has 344 valence electrons. The molecule has 2 aromatic heterocycles. The lowest BCUT2D eigenvalue weighted by atomic mass is 9.87. The number of phosphoric ester groups is 3. The normalized spacial score (nSPS) is 20.9. The van der Waals surface area contributed by atoms with Gasteiger partial charge in [-0.05, 0) is 0 Å². The van der Waals surface area contributed by atoms with Crippen LogP contribution in [0.5, 0.6) is 0 Å². The van der Waals surface area contributed by atoms with Gasteiger partial charge in [0.25, 0.3) is 0 Å². The number of aliphatic hydroxyl groups is 3. The number of carbonyl (C=O) groups excluding carboxylic acids is 4. The summed E-state index contributed by atoms with van der Waals surface area (Å²) in [5.74, 6) is -4.46. The Kier molecular flexibility index (Phi) is 20.1. The van der Waals surface area contributed by atoms with Crippen molar-refractivity contribution in [2.24, 2.45) is 5.41 Å². The Morgan fingerprint density at radius 1 is 1.02 bits per heavy atom. The summed E-state index contributed by atoms with van der Waals surface area (Å²) < 4.78 is 61.9. The summed E-state index contributed by atoms with van der Waals surface area (Å²) in [6.07, 6.45) is -9.85. The number of anilines is 1. The minimum Gasteiger partial charge on any atom is -0.481 e. The van der Waals surface area contributed by atoms with Gasteiger partial charge in [0.1, 0.15) is 42.4 Å². The Morgan fingerprint density at radius 2 is 1.64 bits per heavy atom. The van der Waals surface area contributed by atoms with E-state index in [0.717, 1.165) is 17.2 Å². The molecule has 0 aliphatic carbocycles. The average molecular weight is 958 g/mol. The number of fused-ring (bicyclic) bond motifs is 1. The van der Waals surface area contributed by atoms with E-state index in [4.69, 9.17) is 39.3 Å². The quantitative estimate of drug-likeness (QED) is 0.0225. The first kappa shape index (κ1) is 53.3. The molecule has 1 fully saturated rings. The molecule has 3 rings (SSSR count). The molecule has 34 heteroatoms. The number of hydrogen-bond acceptors (Lipinski definition) is 22. The molecule has 0 aromatic carbocycles. The predicted octanol–water partition coefficient (Wildman–Crippen LogP) is -3.23. The molecule has 1 aliphatic rings. The van der Waals surface area contributed by atoms with Crippen molar-refractivity contribution < 1.29 is 110 Å². The Labute approximate surface area is 346 Å². The third-order valence-corrected chi connectivity index (χ3v) is 11.6. The van der Waals surface area contributed by atoms with Gasteiger partial charge in [0.05, 0.1) is 26.0 Å². The molecular weight excluding hydrogens is 915 g/mol. The number of nitrogens with two attached hydrogens (primary N) is 1. The molecule has 61 heavy (non-hydrogen) atoms. The van der Waals surface area contributed by atoms with E-state index < -0.39 is 114 Å². The van der Waals surface area contributed by atoms with Crippen LogP contribution in [-0.4, -0.2) is 162 Å². The van der Waals surface area contributed by atoms with Crippen LogP contribution in [0, 0.1) is 5.41 Å². The number of aliphatic hydroxyl groups excluding tert-OH is 3. The van der Waals surface area contributed by atoms with Gasteiger partial charge in [0.2, 0.25) is 23.2 Å². The molecule has 0 bridgehead atoms. The van der Waals surface area contributed by atoms with Crippen LogP contribution in [-0.2, 0) is 65.1 Å². The molecule has 30 nitrogen and oxygen atoms in total. The summed E-state index contributed by atoms with van der Waals surface area (Å²) in [6.45, 7) is -0.0112. The van der Waals surface area contributed by atoms with E-state index in [9.17, 15) is 67.8 Å². The Morgan fingerprint density at radius 3 is 2.23 bits per heavy atom. The Bertz CT molecular complexity index is 2040. The van der Waals surface area contributed by atoms with Crippen molar-refractivity contribution in [3.05, 3.63) is 12.7 Å². The van der Waals surface area contributed by atoms with E-state index in [1.54, 1.807) is 0 Å². The molecule has 2 amide bonds. The minimum absolute atomic E-state index is 0.0136. The van der Waals surface area contributed by atoms with Crippen molar-refractivity contribution in [1.29, 1.82) is 0 Å². The lowest BCUT2D eigenvalue weighted by molar-refractivity contribution is -0.143. The molecule has 2 aromatic rings. The second kappa shape index (κ2) is 23.0. The van der Waals surface area contributed by atoms with E-state index in [1.165, 1.54) is 13.8 Å². The molecule has 8 atom stereocenters. The van der Waals surface area contributed by atoms with Crippen LogP contribution in [0.25, 0.3) is 11.2 Å². The van der Waals surface area contributed by atoms with Gasteiger partial charge in [-0.1, -0.05) is 25.6 Å². The minimum atomic E-state index is -5.60. The predicted molar refractivity (Wildman–Crippen MR) is 199 cm³/mol. The van der Waals surface area contributed by atoms with Crippen molar-refractivity contribution in [1.82, 2.24) is 30.2 Å². The van der Waals surface area contributed by atoms with Gasteiger partial charge in [-0.2, -0.15) is 4.31 Å². The number of nitrogen functional groups attached to an aromatic ring is 1. The van der Waals surface area contributed by atoms with Crippen LogP contribution in [0.1, 0.15) is 32.9 Å². The first-order valence-corrected chi connectivity index (χ1v) is 22.2. The van der Waals surface area contributed by atoms with Crippen molar-refractivity contribution in [3.8, 4) is 0 Å². The number of thioether (sulfide) groups is 1. The molecule has 0 spiro atoms. The fraction of sp³-hybridized carbons (Fsp3) is 0.593. The SMILES string of the molecule is CC(C)(COP(=O)(O)OP(=O)(O)OC[C@H]1O[C@@H](n2cnc3c(N)ncnc32)[C@H](O)[C@@H]1OP(=O)(O)O)[C@@H](O)C(=O)NCCC(=O)NCCSC(=O)C(O)CC(=O)O.O=CC(=O)O. The van der Waals surface area contributed by atoms with Gasteiger partial charge in [0.15, 0.2) is 17.7 Å². The number of hydrogen-bond donors (Lipinski definition) is 12. The number of nitrogens with one attached hydrogen (secondary N) is 2. The van der Waals surface area contributed by atoms with Gasteiger partial charge < -0.3 is 66.2 Å². The van der Waals surface area contributed by atoms with Crippen LogP contribution in [0.3, 0.4) is 0 Å². The summed E-state index contributed by atoms with van der Waals surface area (Å²) in [5.41, 5.74) is 4.16. The molecule has 3 unspecified atom stereocenters. The number of nitrogens with zero attached hydrogens (tertiary/aromatic N) is 4. The highest BCUT2D eigenvalue weighted by atomic mass is 32.2. The number of aldehydes is 1. The molecule has 13 N–H and O–H groups in total. The molecule has 0 radical (unpaired) electrons. The van der Waals surface area contributed by atoms with Crippen molar-refractivity contribution >= 4 is 87.4 Å². The van der Waals surface area contributed by atoms with E-state index in [1.807, 2.05) is 0 Å². The van der Waals surface area contributed by atoms with Crippen LogP contribution < -0.4 is 16.4 Å². The van der Waals surface area contributed by atoms with E-state index in [2.05, 4.69) is 34.4 Å². The molecule has 0 saturated carbocycles. The fourth-order valence-electron chi connectivity index (χ4n) is 4.63. The maximum Gasteiger partial charge on any atom is 0.481 e. The van der Waals surface area contributed by atoms with Gasteiger partial charge in [-0.15, -0.1) is 0 Å². The van der Waals surface area contributed by atoms with Crippen molar-refractivity contribution in [2.45, 2.75) is 63.4 Å². The number of carbonyl (C=O) groups is 6. The lowest BCUT2D eigenvalue weighted by Crippen LogP contribution is -2.46. The number of rotatable bonds is 23. The summed E-state index contributed by atoms with van der Waals surface area (Å²) in [5, 5.41) is 50.6. The smallest absolute Gasteiger partial charge is 0.481 e. The molecular formula is C27H42N7O23P3S. The van der Waals surface area contributed by atoms with Gasteiger partial charge in [-0.25, -0.2) is 33.4 Å². The van der Waals surface area contributed by atoms with Crippen molar-refractivity contribution in [3.63, 3.8) is 0 Å². The molecule has 1 aliphatic heterocycles. The molecule has 3 heterocycles. The zero-order valence-electron chi connectivity index (χ0n) is 31.5. The van der Waals surface area contributed by atoms with Gasteiger partial charge >= 0.3 is 35.4 Å². The third kappa shape index (κ3) is 17.8. The number of phosphoric acid groups is 3. The largest absolute Gasteiger partial charge is 0.481 e. The number of imidazole rings is 1. The highest BCUT2D eigenvalue weighted by Crippen LogP contribution is 2.61. The van der Waals surface area contributed by atoms with Crippen LogP contribution in [0.4, 0.5) is 5.82 Å². The number of aromatic nitrogens is 4.